The number of nitrogens with zero attached hydrogens (tertiary/aromatic N) is 1. The smallest absolute Gasteiger partial charge is 0.339 e. The number of aromatic nitrogens is 1. The summed E-state index contributed by atoms with van der Waals surface area (Å²) in [7, 11) is 0. The number of aromatic hydroxyl groups is 1. The zero-order valence-corrected chi connectivity index (χ0v) is 14.6. The summed E-state index contributed by atoms with van der Waals surface area (Å²) in [5.74, 6) is -1.94. The topological polar surface area (TPSA) is 115 Å². The number of hydrogen-bond donors (Lipinski definition) is 4. The summed E-state index contributed by atoms with van der Waals surface area (Å²) in [5, 5.41) is 22.9. The Balaban J connectivity index is 1.56. The molecule has 1 amide bonds. The first-order valence-electron chi connectivity index (χ1n) is 7.93. The minimum absolute atomic E-state index is 0.232. The summed E-state index contributed by atoms with van der Waals surface area (Å²) in [6.07, 6.45) is 3.60. The number of fused-ring (bicyclic) bond motifs is 1. The Bertz CT molecular complexity index is 1150. The van der Waals surface area contributed by atoms with Crippen LogP contribution in [0.2, 0.25) is 0 Å². The van der Waals surface area contributed by atoms with E-state index in [1.165, 1.54) is 30.0 Å². The number of nitrogens with one attached hydrogen (secondary N) is 2. The Morgan fingerprint density at radius 1 is 1.22 bits per heavy atom. The number of thioether (sulfide) groups is 1. The molecule has 0 spiro atoms. The Labute approximate surface area is 157 Å². The second kappa shape index (κ2) is 6.65. The third-order valence-corrected chi connectivity index (χ3v) is 4.91. The molecule has 2 heterocycles. The Hall–Kier alpha value is -3.52. The van der Waals surface area contributed by atoms with E-state index in [0.29, 0.717) is 15.8 Å². The van der Waals surface area contributed by atoms with Gasteiger partial charge in [-0.2, -0.15) is 4.99 Å². The minimum Gasteiger partial charge on any atom is -0.507 e. The fourth-order valence-corrected chi connectivity index (χ4v) is 3.55. The Morgan fingerprint density at radius 2 is 2.04 bits per heavy atom. The number of carbonyl (C=O) groups excluding carboxylic acids is 1. The number of para-hydroxylation sites is 1. The molecule has 0 atom stereocenters. The number of rotatable bonds is 3. The molecule has 8 heteroatoms. The molecule has 4 rings (SSSR count). The highest BCUT2D eigenvalue weighted by atomic mass is 32.2. The van der Waals surface area contributed by atoms with Crippen LogP contribution in [0.25, 0.3) is 17.0 Å². The van der Waals surface area contributed by atoms with E-state index in [9.17, 15) is 14.7 Å². The number of carbonyl (C=O) groups is 2. The molecule has 134 valence electrons. The van der Waals surface area contributed by atoms with Crippen LogP contribution in [-0.4, -0.2) is 32.2 Å². The number of aromatic amines is 1. The molecule has 0 fully saturated rings. The standard InChI is InChI=1S/C19H13N3O4S/c23-15-6-5-11(8-13(15)18(25)26)21-19-22-17(24)16(27-19)7-10-9-20-14-4-2-1-3-12(10)14/h1-9,20,23H,(H,25,26)(H,21,22,24)/b16-7-. The summed E-state index contributed by atoms with van der Waals surface area (Å²) in [6, 6.07) is 11.8. The van der Waals surface area contributed by atoms with Crippen molar-refractivity contribution >= 4 is 51.5 Å². The van der Waals surface area contributed by atoms with Crippen LogP contribution < -0.4 is 5.32 Å². The van der Waals surface area contributed by atoms with Crippen molar-refractivity contribution < 1.29 is 19.8 Å². The fraction of sp³-hybridized carbons (Fsp3) is 0. The molecule has 0 unspecified atom stereocenters. The molecule has 27 heavy (non-hydrogen) atoms. The Kier molecular flexibility index (Phi) is 4.17. The van der Waals surface area contributed by atoms with Gasteiger partial charge in [0.25, 0.3) is 5.91 Å². The van der Waals surface area contributed by atoms with Gasteiger partial charge in [-0.25, -0.2) is 4.79 Å². The number of carboxylic acid groups (broad SMARTS) is 1. The number of H-pyrrole nitrogens is 1. The SMILES string of the molecule is O=C1N=C(Nc2ccc(O)c(C(=O)O)c2)S/C1=C\c1c[nH]c2ccccc12. The van der Waals surface area contributed by atoms with Crippen molar-refractivity contribution in [3.63, 3.8) is 0 Å². The fourth-order valence-electron chi connectivity index (χ4n) is 2.73. The van der Waals surface area contributed by atoms with Crippen molar-refractivity contribution in [3.8, 4) is 5.75 Å². The molecule has 0 radical (unpaired) electrons. The van der Waals surface area contributed by atoms with Crippen molar-refractivity contribution in [3.05, 3.63) is 64.7 Å². The van der Waals surface area contributed by atoms with Gasteiger partial charge in [0.15, 0.2) is 5.17 Å². The molecule has 0 saturated carbocycles. The van der Waals surface area contributed by atoms with Gasteiger partial charge >= 0.3 is 5.97 Å². The lowest BCUT2D eigenvalue weighted by Crippen LogP contribution is -2.06. The molecular weight excluding hydrogens is 366 g/mol. The van der Waals surface area contributed by atoms with Crippen LogP contribution in [-0.2, 0) is 4.79 Å². The zero-order chi connectivity index (χ0) is 19.0. The summed E-state index contributed by atoms with van der Waals surface area (Å²) < 4.78 is 0. The predicted octanol–water partition coefficient (Wildman–Crippen LogP) is 3.65. The van der Waals surface area contributed by atoms with Crippen LogP contribution in [0.15, 0.2) is 58.6 Å². The van der Waals surface area contributed by atoms with E-state index in [1.807, 2.05) is 30.5 Å². The number of amidine groups is 1. The number of anilines is 1. The monoisotopic (exact) mass is 379 g/mol. The van der Waals surface area contributed by atoms with E-state index in [-0.39, 0.29) is 17.2 Å². The average molecular weight is 379 g/mol. The zero-order valence-electron chi connectivity index (χ0n) is 13.8. The molecule has 4 N–H and O–H groups in total. The number of benzene rings is 2. The van der Waals surface area contributed by atoms with Crippen LogP contribution in [0.1, 0.15) is 15.9 Å². The third-order valence-electron chi connectivity index (χ3n) is 4.01. The van der Waals surface area contributed by atoms with E-state index in [2.05, 4.69) is 15.3 Å². The number of aliphatic imine (C=N–C) groups is 1. The molecular formula is C19H13N3O4S. The maximum Gasteiger partial charge on any atom is 0.339 e. The normalized spacial score (nSPS) is 15.3. The molecule has 1 aromatic heterocycles. The van der Waals surface area contributed by atoms with E-state index in [4.69, 9.17) is 5.11 Å². The predicted molar refractivity (Wildman–Crippen MR) is 105 cm³/mol. The Morgan fingerprint density at radius 3 is 2.85 bits per heavy atom. The van der Waals surface area contributed by atoms with Gasteiger partial charge in [0.1, 0.15) is 11.3 Å². The quantitative estimate of drug-likeness (QED) is 0.408. The molecule has 0 saturated heterocycles. The van der Waals surface area contributed by atoms with Gasteiger partial charge in [-0.15, -0.1) is 0 Å². The number of hydrogen-bond acceptors (Lipinski definition) is 5. The minimum atomic E-state index is -1.24. The van der Waals surface area contributed by atoms with E-state index in [0.717, 1.165) is 16.5 Å². The summed E-state index contributed by atoms with van der Waals surface area (Å²) in [4.78, 5) is 30.9. The molecule has 0 aliphatic carbocycles. The van der Waals surface area contributed by atoms with Crippen molar-refractivity contribution in [1.29, 1.82) is 0 Å². The van der Waals surface area contributed by atoms with Crippen molar-refractivity contribution in [1.82, 2.24) is 4.98 Å². The van der Waals surface area contributed by atoms with E-state index < -0.39 is 5.97 Å². The van der Waals surface area contributed by atoms with Gasteiger partial charge < -0.3 is 20.5 Å². The number of carboxylic acids is 1. The van der Waals surface area contributed by atoms with Crippen LogP contribution >= 0.6 is 11.8 Å². The lowest BCUT2D eigenvalue weighted by molar-refractivity contribution is -0.113. The van der Waals surface area contributed by atoms with Crippen molar-refractivity contribution in [2.24, 2.45) is 4.99 Å². The first-order chi connectivity index (χ1) is 13.0. The van der Waals surface area contributed by atoms with E-state index >= 15 is 0 Å². The number of aromatic carboxylic acids is 1. The molecule has 1 aliphatic heterocycles. The van der Waals surface area contributed by atoms with Crippen LogP contribution in [0.5, 0.6) is 5.75 Å². The molecule has 3 aromatic rings. The summed E-state index contributed by atoms with van der Waals surface area (Å²) in [5.41, 5.74) is 2.04. The summed E-state index contributed by atoms with van der Waals surface area (Å²) >= 11 is 1.17. The van der Waals surface area contributed by atoms with Crippen LogP contribution in [0, 0.1) is 0 Å². The third kappa shape index (κ3) is 3.30. The largest absolute Gasteiger partial charge is 0.507 e. The van der Waals surface area contributed by atoms with Crippen LogP contribution in [0.3, 0.4) is 0 Å². The maximum absolute atomic E-state index is 12.2. The molecule has 2 aromatic carbocycles. The van der Waals surface area contributed by atoms with Gasteiger partial charge in [-0.1, -0.05) is 18.2 Å². The van der Waals surface area contributed by atoms with E-state index in [1.54, 1.807) is 6.08 Å². The summed E-state index contributed by atoms with van der Waals surface area (Å²) in [6.45, 7) is 0. The second-order valence-electron chi connectivity index (χ2n) is 5.78. The van der Waals surface area contributed by atoms with Gasteiger partial charge in [-0.05, 0) is 42.1 Å². The van der Waals surface area contributed by atoms with Gasteiger partial charge in [0.2, 0.25) is 0 Å². The first-order valence-corrected chi connectivity index (χ1v) is 8.75. The maximum atomic E-state index is 12.2. The highest BCUT2D eigenvalue weighted by molar-refractivity contribution is 8.18. The van der Waals surface area contributed by atoms with Gasteiger partial charge in [0, 0.05) is 28.4 Å². The van der Waals surface area contributed by atoms with Gasteiger partial charge in [-0.3, -0.25) is 4.79 Å². The molecule has 1 aliphatic rings. The lowest BCUT2D eigenvalue weighted by atomic mass is 10.1. The highest BCUT2D eigenvalue weighted by Gasteiger charge is 2.23. The van der Waals surface area contributed by atoms with Crippen LogP contribution in [0.4, 0.5) is 5.69 Å². The number of phenols is 1. The highest BCUT2D eigenvalue weighted by Crippen LogP contribution is 2.32. The average Bonchev–Trinajstić information content (AvgIpc) is 3.20. The molecule has 7 nitrogen and oxygen atoms in total. The number of amides is 1. The lowest BCUT2D eigenvalue weighted by Gasteiger charge is -2.06. The van der Waals surface area contributed by atoms with Crippen molar-refractivity contribution in [2.75, 3.05) is 5.32 Å². The molecule has 0 bridgehead atoms. The first kappa shape index (κ1) is 16.9. The van der Waals surface area contributed by atoms with Gasteiger partial charge in [0.05, 0.1) is 4.91 Å². The van der Waals surface area contributed by atoms with Crippen molar-refractivity contribution in [2.45, 2.75) is 0 Å². The second-order valence-corrected chi connectivity index (χ2v) is 6.82.